The van der Waals surface area contributed by atoms with Crippen LogP contribution in [0.3, 0.4) is 0 Å². The Hall–Kier alpha value is -2.59. The van der Waals surface area contributed by atoms with Gasteiger partial charge < -0.3 is 9.80 Å². The molecule has 0 aliphatic carbocycles. The van der Waals surface area contributed by atoms with Gasteiger partial charge in [-0.15, -0.1) is 5.10 Å². The van der Waals surface area contributed by atoms with E-state index in [4.69, 9.17) is 5.10 Å². The molecule has 1 aromatic heterocycles. The fraction of sp³-hybridized carbons (Fsp3) is 0.286. The lowest BCUT2D eigenvalue weighted by molar-refractivity contribution is 0.360. The maximum absolute atomic E-state index is 4.97. The van der Waals surface area contributed by atoms with Gasteiger partial charge in [0.1, 0.15) is 0 Å². The molecular formula is C21H24N4. The first kappa shape index (κ1) is 15.9. The summed E-state index contributed by atoms with van der Waals surface area (Å²) in [6, 6.07) is 23.1. The zero-order chi connectivity index (χ0) is 17.1. The Morgan fingerprint density at radius 2 is 1.52 bits per heavy atom. The van der Waals surface area contributed by atoms with Crippen molar-refractivity contribution in [2.75, 3.05) is 38.1 Å². The molecule has 0 bridgehead atoms. The number of para-hydroxylation sites is 1. The molecule has 3 aromatic rings. The molecule has 0 saturated carbocycles. The summed E-state index contributed by atoms with van der Waals surface area (Å²) in [6.07, 6.45) is 1.18. The van der Waals surface area contributed by atoms with E-state index in [2.05, 4.69) is 82.2 Å². The minimum Gasteiger partial charge on any atom is -0.354 e. The van der Waals surface area contributed by atoms with Crippen molar-refractivity contribution in [2.24, 2.45) is 0 Å². The Labute approximate surface area is 149 Å². The smallest absolute Gasteiger partial charge is 0.151 e. The van der Waals surface area contributed by atoms with E-state index >= 15 is 0 Å². The van der Waals surface area contributed by atoms with Crippen molar-refractivity contribution in [2.45, 2.75) is 6.42 Å². The van der Waals surface area contributed by atoms with Gasteiger partial charge in [0.25, 0.3) is 0 Å². The van der Waals surface area contributed by atoms with Crippen molar-refractivity contribution in [1.82, 2.24) is 14.7 Å². The van der Waals surface area contributed by atoms with Crippen molar-refractivity contribution in [3.63, 3.8) is 0 Å². The third kappa shape index (κ3) is 3.44. The fourth-order valence-electron chi connectivity index (χ4n) is 3.38. The van der Waals surface area contributed by atoms with E-state index in [9.17, 15) is 0 Å². The Morgan fingerprint density at radius 3 is 2.28 bits per heavy atom. The summed E-state index contributed by atoms with van der Waals surface area (Å²) in [6.45, 7) is 4.32. The molecule has 0 atom stereocenters. The lowest BCUT2D eigenvalue weighted by Gasteiger charge is -2.19. The molecule has 1 aliphatic heterocycles. The molecule has 0 amide bonds. The number of rotatable bonds is 3. The van der Waals surface area contributed by atoms with Crippen LogP contribution in [0.15, 0.2) is 66.7 Å². The molecular weight excluding hydrogens is 308 g/mol. The van der Waals surface area contributed by atoms with E-state index in [1.807, 2.05) is 6.07 Å². The maximum Gasteiger partial charge on any atom is 0.151 e. The molecule has 0 radical (unpaired) electrons. The normalized spacial score (nSPS) is 16.0. The van der Waals surface area contributed by atoms with Gasteiger partial charge in [-0.3, -0.25) is 0 Å². The Kier molecular flexibility index (Phi) is 4.53. The highest BCUT2D eigenvalue weighted by molar-refractivity contribution is 5.66. The minimum absolute atomic E-state index is 1.02. The van der Waals surface area contributed by atoms with Crippen LogP contribution in [0.5, 0.6) is 0 Å². The zero-order valence-corrected chi connectivity index (χ0v) is 14.7. The summed E-state index contributed by atoms with van der Waals surface area (Å²) in [7, 11) is 2.20. The Balaban J connectivity index is 1.76. The third-order valence-electron chi connectivity index (χ3n) is 4.81. The summed E-state index contributed by atoms with van der Waals surface area (Å²) in [4.78, 5) is 4.81. The van der Waals surface area contributed by atoms with E-state index < -0.39 is 0 Å². The number of likely N-dealkylation sites (N-methyl/N-ethyl adjacent to an activating group) is 1. The van der Waals surface area contributed by atoms with E-state index in [0.29, 0.717) is 0 Å². The molecule has 4 nitrogen and oxygen atoms in total. The number of anilines is 1. The van der Waals surface area contributed by atoms with Gasteiger partial charge in [0, 0.05) is 31.3 Å². The van der Waals surface area contributed by atoms with Crippen LogP contribution >= 0.6 is 0 Å². The van der Waals surface area contributed by atoms with Crippen LogP contribution in [0, 0.1) is 0 Å². The lowest BCUT2D eigenvalue weighted by Crippen LogP contribution is -2.29. The molecule has 1 saturated heterocycles. The van der Waals surface area contributed by atoms with Crippen molar-refractivity contribution < 1.29 is 0 Å². The Morgan fingerprint density at radius 1 is 0.800 bits per heavy atom. The third-order valence-corrected chi connectivity index (χ3v) is 4.81. The predicted molar refractivity (Wildman–Crippen MR) is 103 cm³/mol. The van der Waals surface area contributed by atoms with Gasteiger partial charge in [-0.05, 0) is 32.1 Å². The number of hydrogen-bond donors (Lipinski definition) is 0. The second kappa shape index (κ2) is 7.11. The largest absolute Gasteiger partial charge is 0.354 e. The Bertz CT molecular complexity index is 753. The van der Waals surface area contributed by atoms with Crippen LogP contribution < -0.4 is 4.90 Å². The van der Waals surface area contributed by atoms with Crippen LogP contribution in [0.4, 0.5) is 5.82 Å². The summed E-state index contributed by atoms with van der Waals surface area (Å²) >= 11 is 0. The number of nitrogens with zero attached hydrogens (tertiary/aromatic N) is 4. The molecule has 1 aliphatic rings. The highest BCUT2D eigenvalue weighted by Crippen LogP contribution is 2.28. The van der Waals surface area contributed by atoms with Crippen molar-refractivity contribution in [1.29, 1.82) is 0 Å². The zero-order valence-electron chi connectivity index (χ0n) is 14.7. The van der Waals surface area contributed by atoms with Gasteiger partial charge in [-0.2, -0.15) is 0 Å². The predicted octanol–water partition coefficient (Wildman–Crippen LogP) is 3.68. The quantitative estimate of drug-likeness (QED) is 0.731. The second-order valence-corrected chi connectivity index (χ2v) is 6.65. The maximum atomic E-state index is 4.97. The molecule has 0 unspecified atom stereocenters. The lowest BCUT2D eigenvalue weighted by atomic mass is 10.1. The highest BCUT2D eigenvalue weighted by Gasteiger charge is 2.18. The topological polar surface area (TPSA) is 24.3 Å². The van der Waals surface area contributed by atoms with Crippen LogP contribution in [0.2, 0.25) is 0 Å². The minimum atomic E-state index is 1.02. The summed E-state index contributed by atoms with van der Waals surface area (Å²) in [5.41, 5.74) is 3.43. The average Bonchev–Trinajstić information content (AvgIpc) is 3.00. The van der Waals surface area contributed by atoms with Crippen LogP contribution in [0.25, 0.3) is 16.9 Å². The van der Waals surface area contributed by atoms with Crippen molar-refractivity contribution >= 4 is 5.82 Å². The molecule has 0 N–H and O–H groups in total. The van der Waals surface area contributed by atoms with Gasteiger partial charge in [-0.1, -0.05) is 48.5 Å². The first-order chi connectivity index (χ1) is 12.3. The summed E-state index contributed by atoms with van der Waals surface area (Å²) in [5, 5.41) is 4.97. The first-order valence-electron chi connectivity index (χ1n) is 8.96. The van der Waals surface area contributed by atoms with E-state index in [1.165, 1.54) is 12.0 Å². The monoisotopic (exact) mass is 332 g/mol. The molecule has 2 aromatic carbocycles. The molecule has 0 spiro atoms. The summed E-state index contributed by atoms with van der Waals surface area (Å²) < 4.78 is 2.07. The van der Waals surface area contributed by atoms with Crippen molar-refractivity contribution in [3.05, 3.63) is 66.7 Å². The standard InChI is InChI=1S/C21H24N4/c1-23-13-8-14-24(16-15-23)21-17-20(18-9-4-2-5-10-18)25(22-21)19-11-6-3-7-12-19/h2-7,9-12,17H,8,13-16H2,1H3. The number of benzene rings is 2. The van der Waals surface area contributed by atoms with Crippen molar-refractivity contribution in [3.8, 4) is 16.9 Å². The van der Waals surface area contributed by atoms with Crippen LogP contribution in [-0.4, -0.2) is 47.9 Å². The second-order valence-electron chi connectivity index (χ2n) is 6.65. The summed E-state index contributed by atoms with van der Waals surface area (Å²) in [5.74, 6) is 1.07. The van der Waals surface area contributed by atoms with Gasteiger partial charge in [0.05, 0.1) is 11.4 Å². The molecule has 4 heteroatoms. The van der Waals surface area contributed by atoms with E-state index in [-0.39, 0.29) is 0 Å². The highest BCUT2D eigenvalue weighted by atomic mass is 15.4. The molecule has 1 fully saturated rings. The fourth-order valence-corrected chi connectivity index (χ4v) is 3.38. The van der Waals surface area contributed by atoms with Gasteiger partial charge >= 0.3 is 0 Å². The number of aromatic nitrogens is 2. The van der Waals surface area contributed by atoms with Gasteiger partial charge in [0.2, 0.25) is 0 Å². The van der Waals surface area contributed by atoms with E-state index in [1.54, 1.807) is 0 Å². The molecule has 25 heavy (non-hydrogen) atoms. The number of hydrogen-bond acceptors (Lipinski definition) is 3. The molecule has 4 rings (SSSR count). The van der Waals surface area contributed by atoms with Gasteiger partial charge in [-0.25, -0.2) is 4.68 Å². The first-order valence-corrected chi connectivity index (χ1v) is 8.96. The van der Waals surface area contributed by atoms with Crippen LogP contribution in [0.1, 0.15) is 6.42 Å². The molecule has 2 heterocycles. The van der Waals surface area contributed by atoms with Crippen LogP contribution in [-0.2, 0) is 0 Å². The van der Waals surface area contributed by atoms with Gasteiger partial charge in [0.15, 0.2) is 5.82 Å². The average molecular weight is 332 g/mol. The molecule has 128 valence electrons. The van der Waals surface area contributed by atoms with E-state index in [0.717, 1.165) is 43.4 Å². The SMILES string of the molecule is CN1CCCN(c2cc(-c3ccccc3)n(-c3ccccc3)n2)CC1.